The number of nitrogens with zero attached hydrogens (tertiary/aromatic N) is 1. The van der Waals surface area contributed by atoms with Gasteiger partial charge in [0.15, 0.2) is 9.84 Å². The normalized spacial score (nSPS) is 21.6. The van der Waals surface area contributed by atoms with Crippen LogP contribution in [0.3, 0.4) is 0 Å². The van der Waals surface area contributed by atoms with Crippen molar-refractivity contribution in [2.75, 3.05) is 26.4 Å². The summed E-state index contributed by atoms with van der Waals surface area (Å²) in [6.07, 6.45) is 4.87. The van der Waals surface area contributed by atoms with Crippen molar-refractivity contribution >= 4 is 9.84 Å². The summed E-state index contributed by atoms with van der Waals surface area (Å²) in [5.41, 5.74) is 1.13. The number of likely N-dealkylation sites (tertiary alicyclic amines) is 1. The monoisotopic (exact) mass is 296 g/mol. The third-order valence-electron chi connectivity index (χ3n) is 3.90. The van der Waals surface area contributed by atoms with Crippen LogP contribution in [0.15, 0.2) is 29.2 Å². The van der Waals surface area contributed by atoms with Gasteiger partial charge in [-0.3, -0.25) is 0 Å². The maximum atomic E-state index is 11.4. The second-order valence-electron chi connectivity index (χ2n) is 5.73. The highest BCUT2D eigenvalue weighted by Crippen LogP contribution is 2.13. The Kier molecular flexibility index (Phi) is 5.18. The van der Waals surface area contributed by atoms with E-state index in [2.05, 4.69) is 17.3 Å². The van der Waals surface area contributed by atoms with E-state index in [0.717, 1.165) is 18.7 Å². The van der Waals surface area contributed by atoms with Gasteiger partial charge in [-0.15, -0.1) is 0 Å². The van der Waals surface area contributed by atoms with Crippen molar-refractivity contribution in [3.8, 4) is 0 Å². The average molecular weight is 296 g/mol. The van der Waals surface area contributed by atoms with Gasteiger partial charge in [0, 0.05) is 18.8 Å². The van der Waals surface area contributed by atoms with Crippen LogP contribution >= 0.6 is 0 Å². The van der Waals surface area contributed by atoms with E-state index in [1.165, 1.54) is 32.1 Å². The van der Waals surface area contributed by atoms with E-state index < -0.39 is 9.84 Å². The van der Waals surface area contributed by atoms with Crippen LogP contribution in [0.4, 0.5) is 0 Å². The zero-order valence-electron chi connectivity index (χ0n) is 12.3. The molecule has 1 fully saturated rings. The molecule has 5 heteroatoms. The predicted molar refractivity (Wildman–Crippen MR) is 81.5 cm³/mol. The number of rotatable bonds is 4. The minimum Gasteiger partial charge on any atom is -0.310 e. The quantitative estimate of drug-likeness (QED) is 0.918. The molecule has 1 saturated heterocycles. The first kappa shape index (κ1) is 15.5. The Morgan fingerprint density at radius 1 is 1.20 bits per heavy atom. The zero-order valence-corrected chi connectivity index (χ0v) is 13.1. The highest BCUT2D eigenvalue weighted by atomic mass is 32.2. The topological polar surface area (TPSA) is 49.4 Å². The van der Waals surface area contributed by atoms with Crippen LogP contribution in [0.5, 0.6) is 0 Å². The molecule has 1 heterocycles. The van der Waals surface area contributed by atoms with Gasteiger partial charge in [0.1, 0.15) is 0 Å². The first-order chi connectivity index (χ1) is 9.45. The average Bonchev–Trinajstić information content (AvgIpc) is 2.61. The van der Waals surface area contributed by atoms with Crippen LogP contribution in [-0.4, -0.2) is 45.8 Å². The van der Waals surface area contributed by atoms with Gasteiger partial charge in [0.05, 0.1) is 4.90 Å². The second kappa shape index (κ2) is 6.70. The molecule has 1 N–H and O–H groups in total. The van der Waals surface area contributed by atoms with E-state index in [9.17, 15) is 8.42 Å². The zero-order chi connectivity index (χ0) is 14.6. The second-order valence-corrected chi connectivity index (χ2v) is 7.74. The SMILES string of the molecule is CN1CCCC(NCc2ccc(S(C)(=O)=O)cc2)CC1. The molecule has 1 aliphatic heterocycles. The van der Waals surface area contributed by atoms with Crippen LogP contribution in [0.2, 0.25) is 0 Å². The summed E-state index contributed by atoms with van der Waals surface area (Å²) in [5, 5.41) is 3.58. The minimum absolute atomic E-state index is 0.386. The van der Waals surface area contributed by atoms with Crippen molar-refractivity contribution in [2.24, 2.45) is 0 Å². The molecular formula is C15H24N2O2S. The van der Waals surface area contributed by atoms with E-state index in [1.807, 2.05) is 12.1 Å². The molecule has 112 valence electrons. The summed E-state index contributed by atoms with van der Waals surface area (Å²) < 4.78 is 22.8. The van der Waals surface area contributed by atoms with E-state index >= 15 is 0 Å². The van der Waals surface area contributed by atoms with Crippen molar-refractivity contribution in [3.63, 3.8) is 0 Å². The smallest absolute Gasteiger partial charge is 0.175 e. The largest absolute Gasteiger partial charge is 0.310 e. The number of sulfone groups is 1. The molecule has 2 rings (SSSR count). The van der Waals surface area contributed by atoms with Gasteiger partial charge in [-0.2, -0.15) is 0 Å². The van der Waals surface area contributed by atoms with Crippen molar-refractivity contribution < 1.29 is 8.42 Å². The molecule has 0 bridgehead atoms. The molecule has 1 atom stereocenters. The Labute approximate surface area is 122 Å². The van der Waals surface area contributed by atoms with Crippen LogP contribution in [0.25, 0.3) is 0 Å². The van der Waals surface area contributed by atoms with Gasteiger partial charge >= 0.3 is 0 Å². The first-order valence-corrected chi connectivity index (χ1v) is 9.05. The highest BCUT2D eigenvalue weighted by Gasteiger charge is 2.14. The number of benzene rings is 1. The molecule has 0 aromatic heterocycles. The van der Waals surface area contributed by atoms with Gasteiger partial charge in [0.25, 0.3) is 0 Å². The molecule has 0 aliphatic carbocycles. The number of hydrogen-bond acceptors (Lipinski definition) is 4. The van der Waals surface area contributed by atoms with Gasteiger partial charge in [0.2, 0.25) is 0 Å². The van der Waals surface area contributed by atoms with Gasteiger partial charge in [-0.05, 0) is 57.1 Å². The maximum Gasteiger partial charge on any atom is 0.175 e. The lowest BCUT2D eigenvalue weighted by molar-refractivity contribution is 0.343. The number of nitrogens with one attached hydrogen (secondary N) is 1. The fourth-order valence-corrected chi connectivity index (χ4v) is 3.19. The van der Waals surface area contributed by atoms with E-state index in [1.54, 1.807) is 12.1 Å². The molecule has 0 saturated carbocycles. The lowest BCUT2D eigenvalue weighted by Gasteiger charge is -2.17. The standard InChI is InChI=1S/C15H24N2O2S/c1-17-10-3-4-14(9-11-17)16-12-13-5-7-15(8-6-13)20(2,18)19/h5-8,14,16H,3-4,9-12H2,1-2H3. The molecule has 0 radical (unpaired) electrons. The third-order valence-corrected chi connectivity index (χ3v) is 5.03. The Morgan fingerprint density at radius 2 is 1.90 bits per heavy atom. The lowest BCUT2D eigenvalue weighted by atomic mass is 10.1. The van der Waals surface area contributed by atoms with Crippen LogP contribution in [0.1, 0.15) is 24.8 Å². The molecule has 1 unspecified atom stereocenters. The van der Waals surface area contributed by atoms with Crippen molar-refractivity contribution in [2.45, 2.75) is 36.7 Å². The van der Waals surface area contributed by atoms with E-state index in [-0.39, 0.29) is 0 Å². The molecule has 0 spiro atoms. The Balaban J connectivity index is 1.88. The van der Waals surface area contributed by atoms with Crippen molar-refractivity contribution in [1.29, 1.82) is 0 Å². The van der Waals surface area contributed by atoms with E-state index in [0.29, 0.717) is 10.9 Å². The summed E-state index contributed by atoms with van der Waals surface area (Å²) in [4.78, 5) is 2.76. The number of hydrogen-bond donors (Lipinski definition) is 1. The fraction of sp³-hybridized carbons (Fsp3) is 0.600. The van der Waals surface area contributed by atoms with Crippen LogP contribution in [0, 0.1) is 0 Å². The van der Waals surface area contributed by atoms with Crippen LogP contribution < -0.4 is 5.32 Å². The Hall–Kier alpha value is -0.910. The molecule has 0 amide bonds. The van der Waals surface area contributed by atoms with Crippen molar-refractivity contribution in [1.82, 2.24) is 10.2 Å². The predicted octanol–water partition coefficient (Wildman–Crippen LogP) is 1.66. The first-order valence-electron chi connectivity index (χ1n) is 7.16. The van der Waals surface area contributed by atoms with Crippen molar-refractivity contribution in [3.05, 3.63) is 29.8 Å². The van der Waals surface area contributed by atoms with E-state index in [4.69, 9.17) is 0 Å². The van der Waals surface area contributed by atoms with Gasteiger partial charge < -0.3 is 10.2 Å². The summed E-state index contributed by atoms with van der Waals surface area (Å²) >= 11 is 0. The summed E-state index contributed by atoms with van der Waals surface area (Å²) in [6, 6.07) is 7.73. The molecule has 1 aromatic rings. The molecule has 1 aromatic carbocycles. The molecule has 4 nitrogen and oxygen atoms in total. The Bertz CT molecular complexity index is 525. The minimum atomic E-state index is -3.09. The molecule has 1 aliphatic rings. The summed E-state index contributed by atoms with van der Waals surface area (Å²) in [7, 11) is -0.919. The fourth-order valence-electron chi connectivity index (χ4n) is 2.56. The lowest BCUT2D eigenvalue weighted by Crippen LogP contribution is -2.29. The molecule has 20 heavy (non-hydrogen) atoms. The third kappa shape index (κ3) is 4.58. The highest BCUT2D eigenvalue weighted by molar-refractivity contribution is 7.90. The summed E-state index contributed by atoms with van der Waals surface area (Å²) in [5.74, 6) is 0. The Morgan fingerprint density at radius 3 is 2.55 bits per heavy atom. The van der Waals surface area contributed by atoms with Gasteiger partial charge in [-0.1, -0.05) is 12.1 Å². The van der Waals surface area contributed by atoms with Gasteiger partial charge in [-0.25, -0.2) is 8.42 Å². The molecular weight excluding hydrogens is 272 g/mol. The van der Waals surface area contributed by atoms with Crippen LogP contribution in [-0.2, 0) is 16.4 Å². The summed E-state index contributed by atoms with van der Waals surface area (Å²) in [6.45, 7) is 3.13. The maximum absolute atomic E-state index is 11.4.